The van der Waals surface area contributed by atoms with Crippen molar-refractivity contribution < 1.29 is 0 Å². The van der Waals surface area contributed by atoms with Gasteiger partial charge in [-0.3, -0.25) is 4.68 Å². The minimum absolute atomic E-state index is 0.436. The van der Waals surface area contributed by atoms with E-state index in [0.29, 0.717) is 6.04 Å². The smallest absolute Gasteiger partial charge is 0.0662 e. The Morgan fingerprint density at radius 3 is 2.91 bits per heavy atom. The van der Waals surface area contributed by atoms with Crippen molar-refractivity contribution in [1.29, 1.82) is 0 Å². The number of thiophene rings is 1. The summed E-state index contributed by atoms with van der Waals surface area (Å²) in [6.07, 6.45) is 5.65. The molecule has 0 unspecified atom stereocenters. The van der Waals surface area contributed by atoms with Gasteiger partial charge in [0.1, 0.15) is 0 Å². The average Bonchev–Trinajstić information content (AvgIpc) is 3.24. The van der Waals surface area contributed by atoms with Crippen LogP contribution in [0.15, 0.2) is 54.0 Å². The van der Waals surface area contributed by atoms with Crippen molar-refractivity contribution in [1.82, 2.24) is 15.1 Å². The van der Waals surface area contributed by atoms with Crippen molar-refractivity contribution in [2.75, 3.05) is 0 Å². The molecule has 0 saturated heterocycles. The molecule has 4 heteroatoms. The van der Waals surface area contributed by atoms with Gasteiger partial charge in [0, 0.05) is 28.7 Å². The minimum atomic E-state index is 0.436. The summed E-state index contributed by atoms with van der Waals surface area (Å²) in [5, 5.41) is 10.5. The van der Waals surface area contributed by atoms with Gasteiger partial charge in [-0.2, -0.15) is 5.10 Å². The highest BCUT2D eigenvalue weighted by Crippen LogP contribution is 2.30. The molecule has 0 fully saturated rings. The van der Waals surface area contributed by atoms with Crippen molar-refractivity contribution in [3.05, 3.63) is 75.7 Å². The lowest BCUT2D eigenvalue weighted by Crippen LogP contribution is -2.25. The molecule has 1 aliphatic carbocycles. The van der Waals surface area contributed by atoms with Crippen molar-refractivity contribution >= 4 is 11.3 Å². The highest BCUT2D eigenvalue weighted by atomic mass is 32.1. The minimum Gasteiger partial charge on any atom is -0.305 e. The first-order valence-electron chi connectivity index (χ1n) is 8.24. The number of hydrogen-bond acceptors (Lipinski definition) is 3. The Kier molecular flexibility index (Phi) is 4.26. The van der Waals surface area contributed by atoms with E-state index in [1.807, 2.05) is 11.3 Å². The lowest BCUT2D eigenvalue weighted by molar-refractivity contribution is 0.451. The summed E-state index contributed by atoms with van der Waals surface area (Å²) in [6, 6.07) is 15.3. The Bertz CT molecular complexity index is 746. The second kappa shape index (κ2) is 6.69. The van der Waals surface area contributed by atoms with Crippen molar-refractivity contribution in [2.24, 2.45) is 0 Å². The van der Waals surface area contributed by atoms with Gasteiger partial charge in [0.05, 0.1) is 12.7 Å². The number of hydrogen-bond donors (Lipinski definition) is 1. The lowest BCUT2D eigenvalue weighted by Gasteiger charge is -2.24. The number of benzene rings is 1. The van der Waals surface area contributed by atoms with E-state index >= 15 is 0 Å². The Morgan fingerprint density at radius 1 is 1.17 bits per heavy atom. The number of fused-ring (bicyclic) bond motifs is 1. The van der Waals surface area contributed by atoms with Gasteiger partial charge in [-0.25, -0.2) is 0 Å². The Hall–Kier alpha value is -1.91. The molecule has 4 rings (SSSR count). The van der Waals surface area contributed by atoms with E-state index in [0.717, 1.165) is 19.5 Å². The molecule has 1 atom stereocenters. The number of nitrogens with one attached hydrogen (secondary N) is 1. The quantitative estimate of drug-likeness (QED) is 0.764. The van der Waals surface area contributed by atoms with Gasteiger partial charge in [-0.15, -0.1) is 11.3 Å². The summed E-state index contributed by atoms with van der Waals surface area (Å²) in [5.41, 5.74) is 4.11. The molecule has 1 N–H and O–H groups in total. The second-order valence-electron chi connectivity index (χ2n) is 6.09. The molecular weight excluding hydrogens is 302 g/mol. The molecular formula is C19H21N3S. The normalized spacial score (nSPS) is 17.1. The fourth-order valence-corrected chi connectivity index (χ4v) is 4.02. The van der Waals surface area contributed by atoms with E-state index in [1.165, 1.54) is 34.5 Å². The Balaban J connectivity index is 1.50. The summed E-state index contributed by atoms with van der Waals surface area (Å²) < 4.78 is 2.18. The first-order chi connectivity index (χ1) is 11.4. The van der Waals surface area contributed by atoms with Gasteiger partial charge < -0.3 is 5.32 Å². The molecule has 0 saturated carbocycles. The topological polar surface area (TPSA) is 29.9 Å². The van der Waals surface area contributed by atoms with Gasteiger partial charge in [0.25, 0.3) is 0 Å². The highest BCUT2D eigenvalue weighted by Gasteiger charge is 2.23. The number of rotatable bonds is 5. The fourth-order valence-electron chi connectivity index (χ4n) is 3.36. The van der Waals surface area contributed by atoms with Gasteiger partial charge in [0.2, 0.25) is 0 Å². The summed E-state index contributed by atoms with van der Waals surface area (Å²) in [5.74, 6) is 0. The fraction of sp³-hybridized carbons (Fsp3) is 0.316. The summed E-state index contributed by atoms with van der Waals surface area (Å²) in [6.45, 7) is 1.82. The summed E-state index contributed by atoms with van der Waals surface area (Å²) in [4.78, 5) is 1.40. The molecule has 1 aliphatic rings. The molecule has 0 aliphatic heterocycles. The maximum absolute atomic E-state index is 4.67. The highest BCUT2D eigenvalue weighted by molar-refractivity contribution is 7.09. The summed E-state index contributed by atoms with van der Waals surface area (Å²) in [7, 11) is 0. The molecule has 0 spiro atoms. The van der Waals surface area contributed by atoms with E-state index in [-0.39, 0.29) is 0 Å². The van der Waals surface area contributed by atoms with Crippen LogP contribution in [0.5, 0.6) is 0 Å². The van der Waals surface area contributed by atoms with Crippen LogP contribution in [0, 0.1) is 0 Å². The van der Waals surface area contributed by atoms with Crippen molar-refractivity contribution in [3.63, 3.8) is 0 Å². The maximum Gasteiger partial charge on any atom is 0.0662 e. The zero-order valence-electron chi connectivity index (χ0n) is 13.1. The molecule has 2 heterocycles. The Labute approximate surface area is 141 Å². The largest absolute Gasteiger partial charge is 0.305 e. The van der Waals surface area contributed by atoms with Crippen LogP contribution in [0.1, 0.15) is 40.6 Å². The first kappa shape index (κ1) is 14.7. The van der Waals surface area contributed by atoms with Gasteiger partial charge in [0.15, 0.2) is 0 Å². The van der Waals surface area contributed by atoms with Gasteiger partial charge in [-0.1, -0.05) is 36.4 Å². The number of aromatic nitrogens is 2. The van der Waals surface area contributed by atoms with Crippen LogP contribution in [0.3, 0.4) is 0 Å². The maximum atomic E-state index is 4.67. The average molecular weight is 323 g/mol. The molecule has 1 aromatic carbocycles. The van der Waals surface area contributed by atoms with E-state index in [2.05, 4.69) is 69.1 Å². The SMILES string of the molecule is c1ccc(Cn2ncc3c2CCC[C@H]3NCc2cccs2)cc1. The van der Waals surface area contributed by atoms with Crippen molar-refractivity contribution in [2.45, 2.75) is 38.4 Å². The summed E-state index contributed by atoms with van der Waals surface area (Å²) >= 11 is 1.82. The predicted octanol–water partition coefficient (Wildman–Crippen LogP) is 4.16. The Morgan fingerprint density at radius 2 is 2.09 bits per heavy atom. The molecule has 23 heavy (non-hydrogen) atoms. The zero-order chi connectivity index (χ0) is 15.5. The van der Waals surface area contributed by atoms with Crippen LogP contribution in [-0.4, -0.2) is 9.78 Å². The van der Waals surface area contributed by atoms with Crippen LogP contribution < -0.4 is 5.32 Å². The van der Waals surface area contributed by atoms with Crippen LogP contribution in [0.2, 0.25) is 0 Å². The molecule has 0 radical (unpaired) electrons. The van der Waals surface area contributed by atoms with E-state index in [4.69, 9.17) is 0 Å². The van der Waals surface area contributed by atoms with Gasteiger partial charge in [-0.05, 0) is 36.3 Å². The number of nitrogens with zero attached hydrogens (tertiary/aromatic N) is 2. The third-order valence-corrected chi connectivity index (χ3v) is 5.42. The van der Waals surface area contributed by atoms with Gasteiger partial charge >= 0.3 is 0 Å². The van der Waals surface area contributed by atoms with E-state index in [9.17, 15) is 0 Å². The molecule has 118 valence electrons. The zero-order valence-corrected chi connectivity index (χ0v) is 13.9. The monoisotopic (exact) mass is 323 g/mol. The predicted molar refractivity (Wildman–Crippen MR) is 94.6 cm³/mol. The molecule has 0 amide bonds. The molecule has 3 aromatic rings. The van der Waals surface area contributed by atoms with Crippen LogP contribution in [-0.2, 0) is 19.5 Å². The van der Waals surface area contributed by atoms with Crippen molar-refractivity contribution in [3.8, 4) is 0 Å². The molecule has 3 nitrogen and oxygen atoms in total. The molecule has 2 aromatic heterocycles. The second-order valence-corrected chi connectivity index (χ2v) is 7.13. The van der Waals surface area contributed by atoms with E-state index in [1.54, 1.807) is 0 Å². The third-order valence-electron chi connectivity index (χ3n) is 4.54. The lowest BCUT2D eigenvalue weighted by atomic mass is 9.93. The van der Waals surface area contributed by atoms with Crippen LogP contribution >= 0.6 is 11.3 Å². The third kappa shape index (κ3) is 3.23. The van der Waals surface area contributed by atoms with Crippen LogP contribution in [0.25, 0.3) is 0 Å². The first-order valence-corrected chi connectivity index (χ1v) is 9.12. The molecule has 0 bridgehead atoms. The van der Waals surface area contributed by atoms with Crippen LogP contribution in [0.4, 0.5) is 0 Å². The standard InChI is InChI=1S/C19H21N3S/c1-2-6-15(7-3-1)14-22-19-10-4-9-18(17(19)13-21-22)20-12-16-8-5-11-23-16/h1-3,5-8,11,13,18,20H,4,9-10,12,14H2/t18-/m1/s1. The van der Waals surface area contributed by atoms with E-state index < -0.39 is 0 Å².